The fraction of sp³-hybridized carbons (Fsp3) is 0.896. The van der Waals surface area contributed by atoms with Crippen molar-refractivity contribution in [3.05, 3.63) is 47.6 Å². The summed E-state index contributed by atoms with van der Waals surface area (Å²) < 4.78 is 33.7. The Hall–Kier alpha value is -4.40. The summed E-state index contributed by atoms with van der Waals surface area (Å²) in [5.74, 6) is 0. The van der Waals surface area contributed by atoms with Crippen LogP contribution in [0.4, 0.5) is 0 Å². The molecular formula is C77H140N16O20. The van der Waals surface area contributed by atoms with E-state index >= 15 is 0 Å². The monoisotopic (exact) mass is 1610 g/mol. The molecule has 0 saturated carbocycles. The molecule has 4 fully saturated rings. The van der Waals surface area contributed by atoms with Crippen LogP contribution in [0.3, 0.4) is 0 Å². The predicted molar refractivity (Wildman–Crippen MR) is 412 cm³/mol. The number of ether oxygens (including phenoxy) is 4. The molecule has 0 amide bonds. The lowest BCUT2D eigenvalue weighted by Crippen LogP contribution is -2.62. The van der Waals surface area contributed by atoms with Crippen molar-refractivity contribution in [2.45, 2.75) is 330 Å². The van der Waals surface area contributed by atoms with Gasteiger partial charge in [0.15, 0.2) is 0 Å². The zero-order valence-corrected chi connectivity index (χ0v) is 66.8. The third-order valence-corrected chi connectivity index (χ3v) is 23.2. The highest BCUT2D eigenvalue weighted by molar-refractivity contribution is 4.99. The van der Waals surface area contributed by atoms with E-state index < -0.39 is 103 Å². The molecule has 0 radical (unpaired) electrons. The van der Waals surface area contributed by atoms with Gasteiger partial charge < -0.3 is 101 Å². The molecule has 8 heterocycles. The number of β-amino-alcohol motifs (C(OH)–C–C–N with tert-alkyl or cyclic N) is 4. The Morgan fingerprint density at radius 3 is 0.619 bits per heavy atom. The van der Waals surface area contributed by atoms with Gasteiger partial charge >= 0.3 is 0 Å². The van der Waals surface area contributed by atoms with Gasteiger partial charge in [-0.25, -0.2) is 0 Å². The Kier molecular flexibility index (Phi) is 43.2. The van der Waals surface area contributed by atoms with Gasteiger partial charge in [-0.05, 0) is 77.5 Å². The summed E-state index contributed by atoms with van der Waals surface area (Å²) in [6.45, 7) is 6.18. The minimum Gasteiger partial charge on any atom is -0.395 e. The van der Waals surface area contributed by atoms with Crippen LogP contribution in [-0.4, -0.2) is 364 Å². The number of aliphatic hydroxyl groups excluding tert-OH is 16. The average Bonchev–Trinajstić information content (AvgIpc) is 1.17. The van der Waals surface area contributed by atoms with E-state index in [1.54, 1.807) is 0 Å². The molecule has 0 bridgehead atoms. The quantitative estimate of drug-likeness (QED) is 0.0240. The standard InChI is InChI=1S/C77H140N16O20/c94-45-61-69(102)73(106)65(98)41-86(61)29-21-13-5-1-9-17-25-33-90-37-57(78-82-90)49-110-53-77(54-111-50-58-38-91(83-79-58)34-26-18-10-2-6-14-22-30-87-42-66(99)74(107)70(103)62(87)46-95,55-112-51-59-39-92(84-80-59)35-27-19-11-3-7-15-23-31-88-43-67(100)75(108)71(104)63(88)47-96)56-113-52-60-40-93(85-81-60)36-28-20-12-4-8-16-24-32-89-44-68(101)76(109)72(105)64(89)48-97/h37-40,61-76,94-109H,1-36,41-56H2/t61-,62-,63-,64-,65+,66+,67+,68+,69-,70-,71-,72-,73-,74-,75-,76-/m1/s1. The number of aromatic nitrogens is 12. The molecular weight excluding hydrogens is 1470 g/mol. The van der Waals surface area contributed by atoms with Crippen molar-refractivity contribution in [3.8, 4) is 0 Å². The van der Waals surface area contributed by atoms with Gasteiger partial charge in [-0.15, -0.1) is 20.4 Å². The summed E-state index contributed by atoms with van der Waals surface area (Å²) in [6.07, 6.45) is 21.2. The zero-order chi connectivity index (χ0) is 80.7. The molecule has 648 valence electrons. The highest BCUT2D eigenvalue weighted by Crippen LogP contribution is 2.28. The molecule has 0 spiro atoms. The maximum absolute atomic E-state index is 10.4. The van der Waals surface area contributed by atoms with E-state index in [1.807, 2.05) is 63.1 Å². The van der Waals surface area contributed by atoms with E-state index in [2.05, 4.69) is 41.2 Å². The van der Waals surface area contributed by atoms with Crippen molar-refractivity contribution in [2.24, 2.45) is 5.41 Å². The first-order chi connectivity index (χ1) is 54.8. The number of nitrogens with zero attached hydrogens (tertiary/aromatic N) is 16. The highest BCUT2D eigenvalue weighted by atomic mass is 16.5. The molecule has 36 nitrogen and oxygen atoms in total. The van der Waals surface area contributed by atoms with Crippen LogP contribution in [0.1, 0.15) is 203 Å². The zero-order valence-electron chi connectivity index (χ0n) is 66.8. The van der Waals surface area contributed by atoms with Crippen molar-refractivity contribution in [2.75, 3.05) is 105 Å². The van der Waals surface area contributed by atoms with Crippen molar-refractivity contribution in [1.29, 1.82) is 0 Å². The third-order valence-electron chi connectivity index (χ3n) is 23.2. The third kappa shape index (κ3) is 31.4. The number of unbranched alkanes of at least 4 members (excludes halogenated alkanes) is 24. The molecule has 4 saturated heterocycles. The predicted octanol–water partition coefficient (Wildman–Crippen LogP) is -0.834. The normalized spacial score (nSPS) is 26.5. The Bertz CT molecular complexity index is 2710. The van der Waals surface area contributed by atoms with Gasteiger partial charge in [-0.2, -0.15) is 0 Å². The topological polar surface area (TPSA) is 496 Å². The van der Waals surface area contributed by atoms with Gasteiger partial charge in [-0.3, -0.25) is 38.3 Å². The van der Waals surface area contributed by atoms with Crippen LogP contribution in [0, 0.1) is 5.41 Å². The number of hydrogen-bond acceptors (Lipinski definition) is 32. The molecule has 36 heteroatoms. The van der Waals surface area contributed by atoms with E-state index in [4.69, 9.17) is 18.9 Å². The Labute approximate surface area is 665 Å². The van der Waals surface area contributed by atoms with Crippen molar-refractivity contribution < 1.29 is 101 Å². The van der Waals surface area contributed by atoms with Crippen LogP contribution in [-0.2, 0) is 71.6 Å². The molecule has 4 aromatic heterocycles. The van der Waals surface area contributed by atoms with Crippen molar-refractivity contribution in [1.82, 2.24) is 79.6 Å². The molecule has 16 N–H and O–H groups in total. The fourth-order valence-electron chi connectivity index (χ4n) is 16.2. The minimum absolute atomic E-state index is 0.144. The van der Waals surface area contributed by atoms with Crippen LogP contribution in [0.25, 0.3) is 0 Å². The summed E-state index contributed by atoms with van der Waals surface area (Å²) in [4.78, 5) is 7.47. The smallest absolute Gasteiger partial charge is 0.109 e. The molecule has 8 rings (SSSR count). The molecule has 16 atom stereocenters. The number of aryl methyl sites for hydroxylation is 4. The van der Waals surface area contributed by atoms with Crippen LogP contribution in [0.5, 0.6) is 0 Å². The molecule has 4 aliphatic rings. The Morgan fingerprint density at radius 1 is 0.257 bits per heavy atom. The fourth-order valence-corrected chi connectivity index (χ4v) is 16.2. The Morgan fingerprint density at radius 2 is 0.434 bits per heavy atom. The second-order valence-electron chi connectivity index (χ2n) is 32.4. The number of rotatable bonds is 60. The summed E-state index contributed by atoms with van der Waals surface area (Å²) >= 11 is 0. The SMILES string of the molecule is OC[C@@H]1[C@@H](O)[C@H](O)[C@@H](O)CN1CCCCCCCCCn1cc(COCC(COCc2cn(CCCCCCCCCN3C[C@H](O)[C@@H](O)[C@H](O)[C@H]3CO)nn2)(COCc2cn(CCCCCCCCCN3C[C@H](O)[C@@H](O)[C@H](O)[C@H]3CO)nn2)COCc2cn(CCCCCCCCCN3C[C@H](O)[C@@H](O)[C@H](O)[C@H]3CO)nn2)nn1. The number of aliphatic hydroxyl groups is 16. The maximum atomic E-state index is 10.4. The lowest BCUT2D eigenvalue weighted by Gasteiger charge is -2.43. The maximum Gasteiger partial charge on any atom is 0.109 e. The lowest BCUT2D eigenvalue weighted by atomic mass is 9.92. The van der Waals surface area contributed by atoms with Gasteiger partial charge in [0.1, 0.15) is 71.6 Å². The molecule has 4 aromatic rings. The largest absolute Gasteiger partial charge is 0.395 e. The second kappa shape index (κ2) is 51.8. The molecule has 0 aromatic carbocycles. The lowest BCUT2D eigenvalue weighted by molar-refractivity contribution is -0.145. The van der Waals surface area contributed by atoms with Gasteiger partial charge in [0, 0.05) is 52.4 Å². The molecule has 4 aliphatic heterocycles. The molecule has 0 aliphatic carbocycles. The summed E-state index contributed by atoms with van der Waals surface area (Å²) in [5.41, 5.74) is 1.75. The average molecular weight is 1610 g/mol. The van der Waals surface area contributed by atoms with Gasteiger partial charge in [0.05, 0.1) is 158 Å². The first kappa shape index (κ1) is 94.1. The van der Waals surface area contributed by atoms with Crippen LogP contribution in [0.15, 0.2) is 24.8 Å². The summed E-state index contributed by atoms with van der Waals surface area (Å²) in [6, 6.07) is -2.37. The summed E-state index contributed by atoms with van der Waals surface area (Å²) in [5, 5.41) is 197. The highest BCUT2D eigenvalue weighted by Gasteiger charge is 2.44. The van der Waals surface area contributed by atoms with Crippen LogP contribution < -0.4 is 0 Å². The van der Waals surface area contributed by atoms with Gasteiger partial charge in [0.25, 0.3) is 0 Å². The van der Waals surface area contributed by atoms with Gasteiger partial charge in [-0.1, -0.05) is 149 Å². The number of hydrogen-bond donors (Lipinski definition) is 16. The first-order valence-electron chi connectivity index (χ1n) is 42.3. The van der Waals surface area contributed by atoms with Gasteiger partial charge in [0.2, 0.25) is 0 Å². The van der Waals surface area contributed by atoms with E-state index in [9.17, 15) is 81.7 Å². The van der Waals surface area contributed by atoms with E-state index in [1.165, 1.54) is 0 Å². The Balaban J connectivity index is 0.823. The second-order valence-corrected chi connectivity index (χ2v) is 32.4. The van der Waals surface area contributed by atoms with Crippen molar-refractivity contribution in [3.63, 3.8) is 0 Å². The van der Waals surface area contributed by atoms with E-state index in [0.717, 1.165) is 180 Å². The van der Waals surface area contributed by atoms with Crippen molar-refractivity contribution >= 4 is 0 Å². The minimum atomic E-state index is -1.26. The van der Waals surface area contributed by atoms with E-state index in [-0.39, 0.29) is 105 Å². The molecule has 0 unspecified atom stereocenters. The molecule has 113 heavy (non-hydrogen) atoms. The van der Waals surface area contributed by atoms with Crippen LogP contribution in [0.2, 0.25) is 0 Å². The number of piperidine rings is 4. The summed E-state index contributed by atoms with van der Waals surface area (Å²) in [7, 11) is 0. The van der Waals surface area contributed by atoms with E-state index in [0.29, 0.717) is 75.1 Å². The first-order valence-corrected chi connectivity index (χ1v) is 42.3. The number of likely N-dealkylation sites (tertiary alicyclic amines) is 4. The van der Waals surface area contributed by atoms with Crippen LogP contribution >= 0.6 is 0 Å².